The van der Waals surface area contributed by atoms with Crippen molar-refractivity contribution >= 4 is 11.8 Å². The first-order valence-corrected chi connectivity index (χ1v) is 9.01. The third-order valence-electron chi connectivity index (χ3n) is 4.01. The summed E-state index contributed by atoms with van der Waals surface area (Å²) < 4.78 is 10.9. The highest BCUT2D eigenvalue weighted by atomic mass is 16.5. The van der Waals surface area contributed by atoms with E-state index in [2.05, 4.69) is 10.9 Å². The van der Waals surface area contributed by atoms with Gasteiger partial charge >= 0.3 is 0 Å². The van der Waals surface area contributed by atoms with Gasteiger partial charge in [-0.2, -0.15) is 0 Å². The van der Waals surface area contributed by atoms with E-state index >= 15 is 0 Å². The van der Waals surface area contributed by atoms with Crippen molar-refractivity contribution in [2.45, 2.75) is 39.7 Å². The highest BCUT2D eigenvalue weighted by Gasteiger charge is 2.16. The molecule has 0 unspecified atom stereocenters. The molecule has 7 nitrogen and oxygen atoms in total. The Labute approximate surface area is 164 Å². The van der Waals surface area contributed by atoms with Crippen LogP contribution in [0.3, 0.4) is 0 Å². The molecule has 0 aliphatic rings. The van der Waals surface area contributed by atoms with Crippen LogP contribution < -0.4 is 20.3 Å². The minimum absolute atomic E-state index is 0.0397. The van der Waals surface area contributed by atoms with E-state index in [0.717, 1.165) is 5.56 Å². The summed E-state index contributed by atoms with van der Waals surface area (Å²) in [6, 6.07) is 9.54. The van der Waals surface area contributed by atoms with Crippen LogP contribution in [-0.2, 0) is 0 Å². The van der Waals surface area contributed by atoms with Gasteiger partial charge in [-0.05, 0) is 55.7 Å². The van der Waals surface area contributed by atoms with Crippen LogP contribution in [0.4, 0.5) is 0 Å². The van der Waals surface area contributed by atoms with Crippen molar-refractivity contribution in [2.24, 2.45) is 0 Å². The zero-order chi connectivity index (χ0) is 20.8. The number of phenols is 1. The maximum absolute atomic E-state index is 12.4. The second-order valence-electron chi connectivity index (χ2n) is 6.87. The number of nitrogens with one attached hydrogen (secondary N) is 2. The van der Waals surface area contributed by atoms with Gasteiger partial charge in [0.05, 0.1) is 18.8 Å². The summed E-state index contributed by atoms with van der Waals surface area (Å²) in [5, 5.41) is 9.94. The molecule has 0 saturated carbocycles. The number of amides is 2. The fraction of sp³-hybridized carbons (Fsp3) is 0.333. The molecule has 0 aliphatic carbocycles. The summed E-state index contributed by atoms with van der Waals surface area (Å²) >= 11 is 0. The highest BCUT2D eigenvalue weighted by Crippen LogP contribution is 2.29. The Hall–Kier alpha value is -3.22. The standard InChI is InChI=1S/C21H26N2O5/c1-12(2)14-6-8-17(24)16(10-14)21(26)23-22-20(25)15-7-9-18(28-13(3)4)19(11-15)27-5/h6-13,24H,1-5H3,(H,22,25)(H,23,26). The Bertz CT molecular complexity index is 862. The second kappa shape index (κ2) is 9.12. The predicted molar refractivity (Wildman–Crippen MR) is 106 cm³/mol. The van der Waals surface area contributed by atoms with Crippen LogP contribution in [0.2, 0.25) is 0 Å². The SMILES string of the molecule is COc1cc(C(=O)NNC(=O)c2cc(C(C)C)ccc2O)ccc1OC(C)C. The molecule has 0 fully saturated rings. The van der Waals surface area contributed by atoms with Crippen molar-refractivity contribution in [3.8, 4) is 17.2 Å². The molecular formula is C21H26N2O5. The minimum atomic E-state index is -0.611. The van der Waals surface area contributed by atoms with E-state index in [0.29, 0.717) is 11.5 Å². The maximum atomic E-state index is 12.4. The number of carbonyl (C=O) groups excluding carboxylic acids is 2. The Morgan fingerprint density at radius 3 is 2.21 bits per heavy atom. The number of methoxy groups -OCH3 is 1. The number of ether oxygens (including phenoxy) is 2. The second-order valence-corrected chi connectivity index (χ2v) is 6.87. The molecule has 0 radical (unpaired) electrons. The monoisotopic (exact) mass is 386 g/mol. The zero-order valence-corrected chi connectivity index (χ0v) is 16.7. The topological polar surface area (TPSA) is 96.9 Å². The molecule has 0 heterocycles. The van der Waals surface area contributed by atoms with Gasteiger partial charge in [-0.3, -0.25) is 20.4 Å². The number of aromatic hydroxyl groups is 1. The van der Waals surface area contributed by atoms with E-state index in [1.807, 2.05) is 27.7 Å². The quantitative estimate of drug-likeness (QED) is 0.661. The third kappa shape index (κ3) is 5.16. The summed E-state index contributed by atoms with van der Waals surface area (Å²) in [4.78, 5) is 24.7. The lowest BCUT2D eigenvalue weighted by molar-refractivity contribution is 0.0844. The molecule has 2 rings (SSSR count). The molecule has 150 valence electrons. The largest absolute Gasteiger partial charge is 0.507 e. The average molecular weight is 386 g/mol. The molecule has 0 saturated heterocycles. The Morgan fingerprint density at radius 1 is 0.929 bits per heavy atom. The number of phenolic OH excluding ortho intramolecular Hbond substituents is 1. The first-order chi connectivity index (χ1) is 13.2. The molecule has 3 N–H and O–H groups in total. The fourth-order valence-corrected chi connectivity index (χ4v) is 2.51. The Kier molecular flexibility index (Phi) is 6.87. The lowest BCUT2D eigenvalue weighted by Gasteiger charge is -2.15. The van der Waals surface area contributed by atoms with Gasteiger partial charge < -0.3 is 14.6 Å². The number of hydrogen-bond acceptors (Lipinski definition) is 5. The smallest absolute Gasteiger partial charge is 0.273 e. The van der Waals surface area contributed by atoms with Gasteiger partial charge in [0.2, 0.25) is 0 Å². The summed E-state index contributed by atoms with van der Waals surface area (Å²) in [5.74, 6) is -0.167. The van der Waals surface area contributed by atoms with E-state index in [9.17, 15) is 14.7 Å². The predicted octanol–water partition coefficient (Wildman–Crippen LogP) is 3.39. The van der Waals surface area contributed by atoms with Gasteiger partial charge in [0, 0.05) is 5.56 Å². The van der Waals surface area contributed by atoms with Crippen LogP contribution in [-0.4, -0.2) is 30.1 Å². The van der Waals surface area contributed by atoms with E-state index in [-0.39, 0.29) is 28.9 Å². The third-order valence-corrected chi connectivity index (χ3v) is 4.01. The van der Waals surface area contributed by atoms with Gasteiger partial charge in [0.15, 0.2) is 11.5 Å². The van der Waals surface area contributed by atoms with E-state index in [4.69, 9.17) is 9.47 Å². The fourth-order valence-electron chi connectivity index (χ4n) is 2.51. The summed E-state index contributed by atoms with van der Waals surface area (Å²) in [6.07, 6.45) is -0.0397. The molecule has 0 bridgehead atoms. The molecule has 28 heavy (non-hydrogen) atoms. The molecule has 0 aromatic heterocycles. The number of carbonyl (C=O) groups is 2. The summed E-state index contributed by atoms with van der Waals surface area (Å²) in [5.41, 5.74) is 5.93. The van der Waals surface area contributed by atoms with Crippen LogP contribution in [0, 0.1) is 0 Å². The normalized spacial score (nSPS) is 10.7. The zero-order valence-electron chi connectivity index (χ0n) is 16.7. The lowest BCUT2D eigenvalue weighted by Crippen LogP contribution is -2.41. The summed E-state index contributed by atoms with van der Waals surface area (Å²) in [7, 11) is 1.48. The lowest BCUT2D eigenvalue weighted by atomic mass is 10.00. The molecule has 0 aliphatic heterocycles. The number of hydrogen-bond donors (Lipinski definition) is 3. The van der Waals surface area contributed by atoms with Crippen LogP contribution in [0.15, 0.2) is 36.4 Å². The highest BCUT2D eigenvalue weighted by molar-refractivity contribution is 6.00. The van der Waals surface area contributed by atoms with E-state index in [1.54, 1.807) is 24.3 Å². The first kappa shape index (κ1) is 21.1. The molecule has 0 atom stereocenters. The number of rotatable bonds is 6. The van der Waals surface area contributed by atoms with Crippen molar-refractivity contribution in [3.63, 3.8) is 0 Å². The van der Waals surface area contributed by atoms with E-state index < -0.39 is 11.8 Å². The van der Waals surface area contributed by atoms with E-state index in [1.165, 1.54) is 19.2 Å². The van der Waals surface area contributed by atoms with Gasteiger partial charge in [0.25, 0.3) is 11.8 Å². The van der Waals surface area contributed by atoms with Crippen LogP contribution in [0.1, 0.15) is 59.9 Å². The molecule has 2 aromatic rings. The van der Waals surface area contributed by atoms with Gasteiger partial charge in [-0.15, -0.1) is 0 Å². The van der Waals surface area contributed by atoms with Crippen molar-refractivity contribution in [3.05, 3.63) is 53.1 Å². The summed E-state index contributed by atoms with van der Waals surface area (Å²) in [6.45, 7) is 7.74. The first-order valence-electron chi connectivity index (χ1n) is 9.01. The molecular weight excluding hydrogens is 360 g/mol. The Balaban J connectivity index is 2.10. The van der Waals surface area contributed by atoms with Gasteiger partial charge in [0.1, 0.15) is 5.75 Å². The Morgan fingerprint density at radius 2 is 1.61 bits per heavy atom. The minimum Gasteiger partial charge on any atom is -0.507 e. The van der Waals surface area contributed by atoms with Gasteiger partial charge in [-0.25, -0.2) is 0 Å². The molecule has 2 amide bonds. The molecule has 0 spiro atoms. The van der Waals surface area contributed by atoms with Crippen molar-refractivity contribution in [1.82, 2.24) is 10.9 Å². The number of hydrazine groups is 1. The van der Waals surface area contributed by atoms with Crippen LogP contribution in [0.5, 0.6) is 17.2 Å². The molecule has 2 aromatic carbocycles. The van der Waals surface area contributed by atoms with Crippen molar-refractivity contribution < 1.29 is 24.2 Å². The van der Waals surface area contributed by atoms with Crippen LogP contribution >= 0.6 is 0 Å². The van der Waals surface area contributed by atoms with Crippen molar-refractivity contribution in [1.29, 1.82) is 0 Å². The average Bonchev–Trinajstić information content (AvgIpc) is 2.65. The maximum Gasteiger partial charge on any atom is 0.273 e. The number of benzene rings is 2. The molecule has 7 heteroatoms. The van der Waals surface area contributed by atoms with Crippen LogP contribution in [0.25, 0.3) is 0 Å². The van der Waals surface area contributed by atoms with Crippen molar-refractivity contribution in [2.75, 3.05) is 7.11 Å². The van der Waals surface area contributed by atoms with Gasteiger partial charge in [-0.1, -0.05) is 19.9 Å².